The summed E-state index contributed by atoms with van der Waals surface area (Å²) in [5.74, 6) is -0.710. The monoisotopic (exact) mass is 433 g/mol. The van der Waals surface area contributed by atoms with E-state index in [0.29, 0.717) is 18.4 Å². The van der Waals surface area contributed by atoms with Crippen molar-refractivity contribution >= 4 is 27.1 Å². The summed E-state index contributed by atoms with van der Waals surface area (Å²) in [6.07, 6.45) is 4.03. The molecular formula is C21H21F2N3O3S. The Bertz CT molecular complexity index is 1040. The number of rotatable bonds is 6. The number of carbonyl (C=O) groups excluding carboxylic acids is 1. The van der Waals surface area contributed by atoms with E-state index in [1.54, 1.807) is 18.2 Å². The summed E-state index contributed by atoms with van der Waals surface area (Å²) >= 11 is 0. The van der Waals surface area contributed by atoms with Crippen LogP contribution in [-0.4, -0.2) is 41.9 Å². The van der Waals surface area contributed by atoms with Crippen LogP contribution in [0, 0.1) is 5.92 Å². The Morgan fingerprint density at radius 2 is 1.73 bits per heavy atom. The Kier molecular flexibility index (Phi) is 5.64. The van der Waals surface area contributed by atoms with Gasteiger partial charge in [-0.2, -0.15) is 0 Å². The lowest BCUT2D eigenvalue weighted by Crippen LogP contribution is -2.16. The third-order valence-corrected chi connectivity index (χ3v) is 7.64. The molecule has 9 heteroatoms. The van der Waals surface area contributed by atoms with Gasteiger partial charge in [0.1, 0.15) is 12.3 Å². The van der Waals surface area contributed by atoms with Crippen molar-refractivity contribution in [2.45, 2.75) is 48.2 Å². The molecule has 0 radical (unpaired) electrons. The van der Waals surface area contributed by atoms with Crippen LogP contribution in [0.2, 0.25) is 0 Å². The molecule has 2 aliphatic rings. The molecule has 2 fully saturated rings. The van der Waals surface area contributed by atoms with Crippen molar-refractivity contribution in [3.63, 3.8) is 0 Å². The van der Waals surface area contributed by atoms with Gasteiger partial charge in [-0.25, -0.2) is 22.2 Å². The second-order valence-electron chi connectivity index (χ2n) is 7.66. The van der Waals surface area contributed by atoms with Crippen LogP contribution in [0.3, 0.4) is 0 Å². The molecule has 158 valence electrons. The van der Waals surface area contributed by atoms with Crippen molar-refractivity contribution < 1.29 is 22.0 Å². The summed E-state index contributed by atoms with van der Waals surface area (Å²) in [5.41, 5.74) is 0.672. The van der Waals surface area contributed by atoms with Crippen molar-refractivity contribution in [3.8, 4) is 0 Å². The number of amides is 1. The smallest absolute Gasteiger partial charge is 0.257 e. The molecule has 1 heterocycles. The quantitative estimate of drug-likeness (QED) is 0.704. The number of nitrogens with one attached hydrogen (secondary N) is 1. The number of hydrogen-bond donors (Lipinski definition) is 1. The van der Waals surface area contributed by atoms with Crippen LogP contribution in [0.15, 0.2) is 53.8 Å². The highest BCUT2D eigenvalue weighted by Crippen LogP contribution is 2.36. The number of hydrogen-bond acceptors (Lipinski definition) is 5. The maximum absolute atomic E-state index is 13.6. The van der Waals surface area contributed by atoms with E-state index in [1.807, 2.05) is 0 Å². The zero-order valence-electron chi connectivity index (χ0n) is 16.0. The Morgan fingerprint density at radius 1 is 1.07 bits per heavy atom. The van der Waals surface area contributed by atoms with E-state index in [-0.39, 0.29) is 34.4 Å². The third-order valence-electron chi connectivity index (χ3n) is 5.36. The summed E-state index contributed by atoms with van der Waals surface area (Å²) in [6.45, 7) is 0. The zero-order valence-corrected chi connectivity index (χ0v) is 16.9. The Balaban J connectivity index is 1.63. The van der Waals surface area contributed by atoms with Gasteiger partial charge < -0.3 is 5.32 Å². The number of carbonyl (C=O) groups is 1. The number of benzene rings is 1. The Hall–Kier alpha value is -2.68. The molecule has 1 unspecified atom stereocenters. The van der Waals surface area contributed by atoms with Crippen LogP contribution in [0.25, 0.3) is 5.57 Å². The first-order chi connectivity index (χ1) is 14.3. The van der Waals surface area contributed by atoms with Crippen molar-refractivity contribution in [2.24, 2.45) is 5.92 Å². The van der Waals surface area contributed by atoms with Gasteiger partial charge >= 0.3 is 0 Å². The van der Waals surface area contributed by atoms with Crippen LogP contribution in [0.4, 0.5) is 14.6 Å². The number of anilines is 1. The number of aromatic nitrogens is 2. The minimum absolute atomic E-state index is 0.00275. The van der Waals surface area contributed by atoms with Gasteiger partial charge in [0.05, 0.1) is 16.3 Å². The zero-order chi connectivity index (χ0) is 21.3. The Morgan fingerprint density at radius 3 is 2.30 bits per heavy atom. The van der Waals surface area contributed by atoms with E-state index in [2.05, 4.69) is 15.3 Å². The summed E-state index contributed by atoms with van der Waals surface area (Å²) in [6, 6.07) is 6.03. The standard InChI is InChI=1S/C21H21F2N3O3S/c22-18-10-13(11-19(18)23)9-17(21(27)26-20-12-24-7-8-25-20)14-1-3-15(4-2-14)30(28,29)16-5-6-16/h1-4,7-9,12-13,16,18-19H,5-6,10-11H2,(H,25,26,27)/t13?,18-,19+. The second kappa shape index (κ2) is 8.22. The summed E-state index contributed by atoms with van der Waals surface area (Å²) in [7, 11) is -3.35. The fourth-order valence-electron chi connectivity index (χ4n) is 3.59. The molecule has 1 amide bonds. The first-order valence-electron chi connectivity index (χ1n) is 9.76. The van der Waals surface area contributed by atoms with E-state index < -0.39 is 34.0 Å². The first-order valence-corrected chi connectivity index (χ1v) is 11.3. The van der Waals surface area contributed by atoms with Crippen LogP contribution in [0.1, 0.15) is 31.2 Å². The van der Waals surface area contributed by atoms with Gasteiger partial charge in [-0.15, -0.1) is 0 Å². The van der Waals surface area contributed by atoms with E-state index in [4.69, 9.17) is 0 Å². The van der Waals surface area contributed by atoms with E-state index in [0.717, 1.165) is 0 Å². The molecule has 2 aromatic rings. The molecule has 0 spiro atoms. The molecule has 0 saturated heterocycles. The highest BCUT2D eigenvalue weighted by Gasteiger charge is 2.37. The lowest BCUT2D eigenvalue weighted by atomic mass is 9.98. The number of sulfone groups is 1. The maximum Gasteiger partial charge on any atom is 0.257 e. The molecule has 3 atom stereocenters. The molecule has 0 aliphatic heterocycles. The molecule has 4 rings (SSSR count). The normalized spacial score (nSPS) is 24.6. The predicted octanol–water partition coefficient (Wildman–Crippen LogP) is 3.52. The van der Waals surface area contributed by atoms with E-state index in [9.17, 15) is 22.0 Å². The third kappa shape index (κ3) is 4.40. The highest BCUT2D eigenvalue weighted by atomic mass is 32.2. The number of alkyl halides is 2. The summed E-state index contributed by atoms with van der Waals surface area (Å²) in [4.78, 5) is 21.0. The van der Waals surface area contributed by atoms with Gasteiger partial charge in [-0.05, 0) is 49.3 Å². The Labute approximate surface area is 173 Å². The molecule has 1 aromatic heterocycles. The van der Waals surface area contributed by atoms with Crippen molar-refractivity contribution in [2.75, 3.05) is 5.32 Å². The van der Waals surface area contributed by atoms with Crippen molar-refractivity contribution in [3.05, 3.63) is 54.5 Å². The van der Waals surface area contributed by atoms with Gasteiger partial charge in [-0.3, -0.25) is 9.78 Å². The average molecular weight is 433 g/mol. The van der Waals surface area contributed by atoms with E-state index in [1.165, 1.54) is 30.7 Å². The molecule has 30 heavy (non-hydrogen) atoms. The summed E-state index contributed by atoms with van der Waals surface area (Å²) in [5, 5.41) is 2.29. The van der Waals surface area contributed by atoms with Crippen LogP contribution < -0.4 is 5.32 Å². The van der Waals surface area contributed by atoms with Crippen LogP contribution in [-0.2, 0) is 14.6 Å². The van der Waals surface area contributed by atoms with Gasteiger partial charge in [0.25, 0.3) is 5.91 Å². The van der Waals surface area contributed by atoms with Gasteiger partial charge in [0.15, 0.2) is 15.7 Å². The SMILES string of the molecule is O=C(Nc1cnccn1)C(=CC1C[C@@H](F)[C@@H](F)C1)c1ccc(S(=O)(=O)C2CC2)cc1. The molecule has 0 bridgehead atoms. The number of nitrogens with zero attached hydrogens (tertiary/aromatic N) is 2. The predicted molar refractivity (Wildman–Crippen MR) is 108 cm³/mol. The minimum Gasteiger partial charge on any atom is -0.305 e. The van der Waals surface area contributed by atoms with Crippen LogP contribution in [0.5, 0.6) is 0 Å². The molecule has 2 aliphatic carbocycles. The fourth-order valence-corrected chi connectivity index (χ4v) is 5.24. The summed E-state index contributed by atoms with van der Waals surface area (Å²) < 4.78 is 52.1. The van der Waals surface area contributed by atoms with Crippen molar-refractivity contribution in [1.82, 2.24) is 9.97 Å². The number of allylic oxidation sites excluding steroid dienone is 1. The van der Waals surface area contributed by atoms with E-state index >= 15 is 0 Å². The van der Waals surface area contributed by atoms with Gasteiger partial charge in [0.2, 0.25) is 0 Å². The molecular weight excluding hydrogens is 412 g/mol. The molecule has 2 saturated carbocycles. The van der Waals surface area contributed by atoms with Gasteiger partial charge in [0, 0.05) is 18.0 Å². The topological polar surface area (TPSA) is 89.0 Å². The lowest BCUT2D eigenvalue weighted by molar-refractivity contribution is -0.111. The molecule has 1 aromatic carbocycles. The fraction of sp³-hybridized carbons (Fsp3) is 0.381. The molecule has 6 nitrogen and oxygen atoms in total. The number of halogens is 2. The van der Waals surface area contributed by atoms with Gasteiger partial charge in [-0.1, -0.05) is 18.2 Å². The average Bonchev–Trinajstić information content (AvgIpc) is 3.54. The largest absolute Gasteiger partial charge is 0.305 e. The van der Waals surface area contributed by atoms with Crippen LogP contribution >= 0.6 is 0 Å². The first kappa shape index (κ1) is 20.6. The minimum atomic E-state index is -3.35. The van der Waals surface area contributed by atoms with Crippen molar-refractivity contribution in [1.29, 1.82) is 0 Å². The second-order valence-corrected chi connectivity index (χ2v) is 9.89. The molecule has 1 N–H and O–H groups in total. The highest BCUT2D eigenvalue weighted by molar-refractivity contribution is 7.92. The lowest BCUT2D eigenvalue weighted by Gasteiger charge is -2.12. The maximum atomic E-state index is 13.6.